The Morgan fingerprint density at radius 3 is 2.77 bits per heavy atom. The molecular weight excluding hydrogens is 164 g/mol. The number of H-pyrrole nitrogens is 1. The van der Waals surface area contributed by atoms with Crippen molar-refractivity contribution in [2.45, 2.75) is 19.9 Å². The fourth-order valence-corrected chi connectivity index (χ4v) is 1.16. The molecule has 0 atom stereocenters. The molecule has 0 radical (unpaired) electrons. The Balaban J connectivity index is 2.33. The third-order valence-corrected chi connectivity index (χ3v) is 1.90. The number of rotatable bonds is 2. The maximum atomic E-state index is 4.39. The Bertz CT molecular complexity index is 372. The lowest BCUT2D eigenvalue weighted by atomic mass is 10.3. The minimum Gasteiger partial charge on any atom is -0.351 e. The number of nitrogens with one attached hydrogen (secondary N) is 1. The van der Waals surface area contributed by atoms with Crippen LogP contribution in [0, 0.1) is 0 Å². The normalized spacial score (nSPS) is 11.0. The lowest BCUT2D eigenvalue weighted by Crippen LogP contribution is -2.00. The second-order valence-electron chi connectivity index (χ2n) is 3.23. The molecule has 2 heterocycles. The molecule has 0 bridgehead atoms. The number of nitrogens with zero attached hydrogens (tertiary/aromatic N) is 3. The Hall–Kier alpha value is -1.58. The first-order valence-electron chi connectivity index (χ1n) is 4.31. The molecule has 13 heavy (non-hydrogen) atoms. The van der Waals surface area contributed by atoms with Crippen LogP contribution in [0.5, 0.6) is 0 Å². The first-order chi connectivity index (χ1) is 6.27. The molecule has 2 rings (SSSR count). The molecule has 4 nitrogen and oxygen atoms in total. The highest BCUT2D eigenvalue weighted by molar-refractivity contribution is 5.51. The van der Waals surface area contributed by atoms with Crippen LogP contribution in [0.25, 0.3) is 11.4 Å². The average molecular weight is 176 g/mol. The van der Waals surface area contributed by atoms with E-state index in [0.29, 0.717) is 6.04 Å². The van der Waals surface area contributed by atoms with Crippen LogP contribution in [0.4, 0.5) is 0 Å². The number of imidazole rings is 1. The van der Waals surface area contributed by atoms with Gasteiger partial charge in [-0.1, -0.05) is 0 Å². The van der Waals surface area contributed by atoms with Gasteiger partial charge in [-0.15, -0.1) is 0 Å². The van der Waals surface area contributed by atoms with Crippen molar-refractivity contribution >= 4 is 0 Å². The van der Waals surface area contributed by atoms with Gasteiger partial charge >= 0.3 is 0 Å². The molecule has 2 aromatic heterocycles. The first-order valence-corrected chi connectivity index (χ1v) is 4.31. The summed E-state index contributed by atoms with van der Waals surface area (Å²) in [5.74, 6) is 0. The van der Waals surface area contributed by atoms with Crippen LogP contribution in [0.15, 0.2) is 24.8 Å². The van der Waals surface area contributed by atoms with E-state index < -0.39 is 0 Å². The maximum Gasteiger partial charge on any atom is 0.112 e. The number of aromatic amines is 1. The fourth-order valence-electron chi connectivity index (χ4n) is 1.16. The Morgan fingerprint density at radius 2 is 2.23 bits per heavy atom. The SMILES string of the molecule is CC(C)n1ccc(-c2c[nH]cn2)n1. The molecule has 0 aliphatic carbocycles. The second-order valence-corrected chi connectivity index (χ2v) is 3.23. The Morgan fingerprint density at radius 1 is 1.38 bits per heavy atom. The van der Waals surface area contributed by atoms with Crippen molar-refractivity contribution in [3.05, 3.63) is 24.8 Å². The zero-order valence-electron chi connectivity index (χ0n) is 7.73. The van der Waals surface area contributed by atoms with Gasteiger partial charge in [-0.2, -0.15) is 5.10 Å². The second kappa shape index (κ2) is 3.05. The number of hydrogen-bond acceptors (Lipinski definition) is 2. The van der Waals surface area contributed by atoms with E-state index in [1.807, 2.05) is 23.1 Å². The Kier molecular flexibility index (Phi) is 1.88. The zero-order valence-corrected chi connectivity index (χ0v) is 7.73. The van der Waals surface area contributed by atoms with Gasteiger partial charge in [0.25, 0.3) is 0 Å². The summed E-state index contributed by atoms with van der Waals surface area (Å²) in [5.41, 5.74) is 1.80. The monoisotopic (exact) mass is 176 g/mol. The van der Waals surface area contributed by atoms with Gasteiger partial charge in [0.15, 0.2) is 0 Å². The minimum absolute atomic E-state index is 0.396. The predicted molar refractivity (Wildman–Crippen MR) is 50.2 cm³/mol. The van der Waals surface area contributed by atoms with Gasteiger partial charge in [0.05, 0.1) is 6.33 Å². The highest BCUT2D eigenvalue weighted by atomic mass is 15.3. The summed E-state index contributed by atoms with van der Waals surface area (Å²) in [7, 11) is 0. The van der Waals surface area contributed by atoms with Gasteiger partial charge in [0.1, 0.15) is 11.4 Å². The fraction of sp³-hybridized carbons (Fsp3) is 0.333. The summed E-state index contributed by atoms with van der Waals surface area (Å²) < 4.78 is 1.92. The summed E-state index contributed by atoms with van der Waals surface area (Å²) in [6.07, 6.45) is 5.46. The van der Waals surface area contributed by atoms with Gasteiger partial charge in [-0.3, -0.25) is 4.68 Å². The third-order valence-electron chi connectivity index (χ3n) is 1.90. The molecule has 0 spiro atoms. The molecule has 0 aliphatic heterocycles. The quantitative estimate of drug-likeness (QED) is 0.759. The van der Waals surface area contributed by atoms with E-state index in [4.69, 9.17) is 0 Å². The van der Waals surface area contributed by atoms with Crippen LogP contribution in [-0.2, 0) is 0 Å². The number of hydrogen-bond donors (Lipinski definition) is 1. The highest BCUT2D eigenvalue weighted by Crippen LogP contribution is 2.14. The largest absolute Gasteiger partial charge is 0.351 e. The van der Waals surface area contributed by atoms with Crippen molar-refractivity contribution in [3.8, 4) is 11.4 Å². The van der Waals surface area contributed by atoms with Crippen LogP contribution in [0.3, 0.4) is 0 Å². The third kappa shape index (κ3) is 1.47. The van der Waals surface area contributed by atoms with Crippen molar-refractivity contribution in [1.29, 1.82) is 0 Å². The van der Waals surface area contributed by atoms with E-state index in [0.717, 1.165) is 11.4 Å². The molecule has 0 aromatic carbocycles. The van der Waals surface area contributed by atoms with Crippen LogP contribution in [0.1, 0.15) is 19.9 Å². The lowest BCUT2D eigenvalue weighted by molar-refractivity contribution is 0.534. The highest BCUT2D eigenvalue weighted by Gasteiger charge is 2.04. The summed E-state index contributed by atoms with van der Waals surface area (Å²) in [6.45, 7) is 4.20. The summed E-state index contributed by atoms with van der Waals surface area (Å²) in [6, 6.07) is 2.36. The molecule has 0 amide bonds. The van der Waals surface area contributed by atoms with Crippen molar-refractivity contribution < 1.29 is 0 Å². The van der Waals surface area contributed by atoms with Crippen LogP contribution in [0.2, 0.25) is 0 Å². The minimum atomic E-state index is 0.396. The van der Waals surface area contributed by atoms with Crippen molar-refractivity contribution in [2.24, 2.45) is 0 Å². The Labute approximate surface area is 76.6 Å². The summed E-state index contributed by atoms with van der Waals surface area (Å²) in [4.78, 5) is 7.03. The van der Waals surface area contributed by atoms with E-state index in [9.17, 15) is 0 Å². The topological polar surface area (TPSA) is 46.5 Å². The molecule has 0 fully saturated rings. The number of aromatic nitrogens is 4. The van der Waals surface area contributed by atoms with E-state index in [2.05, 4.69) is 28.9 Å². The van der Waals surface area contributed by atoms with E-state index in [1.165, 1.54) is 0 Å². The van der Waals surface area contributed by atoms with Crippen LogP contribution >= 0.6 is 0 Å². The molecule has 0 unspecified atom stereocenters. The van der Waals surface area contributed by atoms with Crippen molar-refractivity contribution in [2.75, 3.05) is 0 Å². The molecule has 0 saturated heterocycles. The van der Waals surface area contributed by atoms with Gasteiger partial charge in [-0.25, -0.2) is 4.98 Å². The van der Waals surface area contributed by atoms with E-state index >= 15 is 0 Å². The maximum absolute atomic E-state index is 4.39. The van der Waals surface area contributed by atoms with Crippen molar-refractivity contribution in [3.63, 3.8) is 0 Å². The smallest absolute Gasteiger partial charge is 0.112 e. The molecule has 0 saturated carbocycles. The summed E-state index contributed by atoms with van der Waals surface area (Å²) in [5, 5.41) is 4.39. The molecule has 4 heteroatoms. The van der Waals surface area contributed by atoms with Gasteiger partial charge in [0, 0.05) is 18.4 Å². The molecule has 0 aliphatic rings. The molecule has 2 aromatic rings. The van der Waals surface area contributed by atoms with Gasteiger partial charge in [-0.05, 0) is 19.9 Å². The zero-order chi connectivity index (χ0) is 9.26. The lowest BCUT2D eigenvalue weighted by Gasteiger charge is -2.02. The molecular formula is C9H12N4. The van der Waals surface area contributed by atoms with Crippen LogP contribution in [-0.4, -0.2) is 19.7 Å². The molecule has 68 valence electrons. The standard InChI is InChI=1S/C9H12N4/c1-7(2)13-4-3-8(12-13)9-5-10-6-11-9/h3-7H,1-2H3,(H,10,11). The van der Waals surface area contributed by atoms with Gasteiger partial charge < -0.3 is 4.98 Å². The molecule has 1 N–H and O–H groups in total. The van der Waals surface area contributed by atoms with Gasteiger partial charge in [0.2, 0.25) is 0 Å². The average Bonchev–Trinajstić information content (AvgIpc) is 2.75. The van der Waals surface area contributed by atoms with Crippen molar-refractivity contribution in [1.82, 2.24) is 19.7 Å². The van der Waals surface area contributed by atoms with E-state index in [1.54, 1.807) is 6.33 Å². The van der Waals surface area contributed by atoms with E-state index in [-0.39, 0.29) is 0 Å². The first kappa shape index (κ1) is 8.04. The summed E-state index contributed by atoms with van der Waals surface area (Å²) >= 11 is 0. The predicted octanol–water partition coefficient (Wildman–Crippen LogP) is 1.85. The van der Waals surface area contributed by atoms with Crippen LogP contribution < -0.4 is 0 Å².